The van der Waals surface area contributed by atoms with E-state index in [9.17, 15) is 9.59 Å². The lowest BCUT2D eigenvalue weighted by molar-refractivity contribution is -0.119. The summed E-state index contributed by atoms with van der Waals surface area (Å²) in [6, 6.07) is 15.3. The Morgan fingerprint density at radius 3 is 2.31 bits per heavy atom. The normalized spacial score (nSPS) is 10.6. The predicted molar refractivity (Wildman–Crippen MR) is 111 cm³/mol. The molecule has 7 heteroatoms. The standard InChI is InChI=1S/C19H23N3O2S2/c1-22(12-18(23)20-14-7-6-8-15(11-14)25-2)13-19(24)21-16-9-4-5-10-17(16)26-3/h4-11H,12-13H2,1-3H3,(H,20,23)(H,21,24). The van der Waals surface area contributed by atoms with E-state index in [1.165, 1.54) is 0 Å². The number of hydrogen-bond acceptors (Lipinski definition) is 5. The summed E-state index contributed by atoms with van der Waals surface area (Å²) in [7, 11) is 1.75. The molecule has 0 aliphatic heterocycles. The molecule has 2 aromatic rings. The number of para-hydroxylation sites is 1. The van der Waals surface area contributed by atoms with Crippen molar-refractivity contribution in [2.24, 2.45) is 0 Å². The number of nitrogens with zero attached hydrogens (tertiary/aromatic N) is 1. The van der Waals surface area contributed by atoms with Crippen molar-refractivity contribution >= 4 is 46.7 Å². The van der Waals surface area contributed by atoms with E-state index in [-0.39, 0.29) is 24.9 Å². The third-order valence-electron chi connectivity index (χ3n) is 3.56. The van der Waals surface area contributed by atoms with Crippen LogP contribution in [0.5, 0.6) is 0 Å². The highest BCUT2D eigenvalue weighted by atomic mass is 32.2. The zero-order chi connectivity index (χ0) is 18.9. The molecular formula is C19H23N3O2S2. The Labute approximate surface area is 162 Å². The second-order valence-electron chi connectivity index (χ2n) is 5.70. The molecule has 0 aliphatic carbocycles. The van der Waals surface area contributed by atoms with E-state index in [2.05, 4.69) is 10.6 Å². The molecule has 2 amide bonds. The van der Waals surface area contributed by atoms with Crippen LogP contribution in [0.4, 0.5) is 11.4 Å². The van der Waals surface area contributed by atoms with Crippen LogP contribution in [0, 0.1) is 0 Å². The molecule has 0 heterocycles. The van der Waals surface area contributed by atoms with Crippen LogP contribution in [0.3, 0.4) is 0 Å². The maximum atomic E-state index is 12.2. The molecule has 0 spiro atoms. The highest BCUT2D eigenvalue weighted by molar-refractivity contribution is 7.99. The summed E-state index contributed by atoms with van der Waals surface area (Å²) < 4.78 is 0. The van der Waals surface area contributed by atoms with Crippen LogP contribution in [-0.2, 0) is 9.59 Å². The molecular weight excluding hydrogens is 366 g/mol. The van der Waals surface area contributed by atoms with E-state index >= 15 is 0 Å². The fourth-order valence-electron chi connectivity index (χ4n) is 2.39. The summed E-state index contributed by atoms with van der Waals surface area (Å²) in [6.07, 6.45) is 3.95. The topological polar surface area (TPSA) is 61.4 Å². The minimum absolute atomic E-state index is 0.140. The maximum Gasteiger partial charge on any atom is 0.238 e. The quantitative estimate of drug-likeness (QED) is 0.675. The van der Waals surface area contributed by atoms with Gasteiger partial charge in [-0.1, -0.05) is 18.2 Å². The Balaban J connectivity index is 1.84. The molecule has 0 saturated carbocycles. The van der Waals surface area contributed by atoms with Gasteiger partial charge in [0, 0.05) is 15.5 Å². The number of thioether (sulfide) groups is 2. The number of anilines is 2. The van der Waals surface area contributed by atoms with Gasteiger partial charge in [-0.2, -0.15) is 0 Å². The van der Waals surface area contributed by atoms with Crippen molar-refractivity contribution < 1.29 is 9.59 Å². The van der Waals surface area contributed by atoms with E-state index in [1.54, 1.807) is 35.5 Å². The van der Waals surface area contributed by atoms with Crippen molar-refractivity contribution in [2.45, 2.75) is 9.79 Å². The van der Waals surface area contributed by atoms with Gasteiger partial charge in [0.2, 0.25) is 11.8 Å². The van der Waals surface area contributed by atoms with E-state index in [0.29, 0.717) is 0 Å². The number of carbonyl (C=O) groups excluding carboxylic acids is 2. The first-order valence-electron chi connectivity index (χ1n) is 8.07. The van der Waals surface area contributed by atoms with Crippen LogP contribution in [0.25, 0.3) is 0 Å². The molecule has 2 N–H and O–H groups in total. The molecule has 0 saturated heterocycles. The summed E-state index contributed by atoms with van der Waals surface area (Å²) in [6.45, 7) is 0.280. The number of likely N-dealkylation sites (N-methyl/N-ethyl adjacent to an activating group) is 1. The molecule has 2 rings (SSSR count). The molecule has 0 atom stereocenters. The first kappa shape index (κ1) is 20.4. The number of benzene rings is 2. The predicted octanol–water partition coefficient (Wildman–Crippen LogP) is 3.64. The average Bonchev–Trinajstić information content (AvgIpc) is 2.61. The lowest BCUT2D eigenvalue weighted by atomic mass is 10.3. The Kier molecular flexibility index (Phi) is 8.03. The summed E-state index contributed by atoms with van der Waals surface area (Å²) in [5.74, 6) is -0.297. The second-order valence-corrected chi connectivity index (χ2v) is 7.43. The lowest BCUT2D eigenvalue weighted by Gasteiger charge is -2.17. The fraction of sp³-hybridized carbons (Fsp3) is 0.263. The van der Waals surface area contributed by atoms with E-state index in [0.717, 1.165) is 21.2 Å². The molecule has 0 aromatic heterocycles. The molecule has 0 bridgehead atoms. The monoisotopic (exact) mass is 389 g/mol. The van der Waals surface area contributed by atoms with Crippen molar-refractivity contribution in [1.82, 2.24) is 4.90 Å². The van der Waals surface area contributed by atoms with E-state index < -0.39 is 0 Å². The van der Waals surface area contributed by atoms with Crippen molar-refractivity contribution in [1.29, 1.82) is 0 Å². The van der Waals surface area contributed by atoms with Gasteiger partial charge in [0.15, 0.2) is 0 Å². The number of amides is 2. The summed E-state index contributed by atoms with van der Waals surface area (Å²) >= 11 is 3.20. The van der Waals surface area contributed by atoms with Crippen molar-refractivity contribution in [3.8, 4) is 0 Å². The van der Waals surface area contributed by atoms with Gasteiger partial charge in [0.25, 0.3) is 0 Å². The van der Waals surface area contributed by atoms with Crippen molar-refractivity contribution in [3.05, 3.63) is 48.5 Å². The van der Waals surface area contributed by atoms with Gasteiger partial charge >= 0.3 is 0 Å². The summed E-state index contributed by atoms with van der Waals surface area (Å²) in [5.41, 5.74) is 1.55. The largest absolute Gasteiger partial charge is 0.325 e. The fourth-order valence-corrected chi connectivity index (χ4v) is 3.40. The average molecular weight is 390 g/mol. The molecule has 5 nitrogen and oxygen atoms in total. The van der Waals surface area contributed by atoms with Crippen LogP contribution in [0.15, 0.2) is 58.3 Å². The van der Waals surface area contributed by atoms with Gasteiger partial charge in [-0.15, -0.1) is 23.5 Å². The first-order valence-corrected chi connectivity index (χ1v) is 10.5. The molecule has 0 unspecified atom stereocenters. The first-order chi connectivity index (χ1) is 12.5. The third kappa shape index (κ3) is 6.40. The van der Waals surface area contributed by atoms with Crippen LogP contribution >= 0.6 is 23.5 Å². The van der Waals surface area contributed by atoms with E-state index in [4.69, 9.17) is 0 Å². The maximum absolute atomic E-state index is 12.2. The third-order valence-corrected chi connectivity index (χ3v) is 5.08. The Hall–Kier alpha value is -1.96. The Morgan fingerprint density at radius 1 is 0.923 bits per heavy atom. The summed E-state index contributed by atoms with van der Waals surface area (Å²) in [5, 5.41) is 5.75. The molecule has 138 valence electrons. The minimum atomic E-state index is -0.150. The zero-order valence-corrected chi connectivity index (χ0v) is 16.7. The van der Waals surface area contributed by atoms with Gasteiger partial charge in [-0.25, -0.2) is 0 Å². The van der Waals surface area contributed by atoms with Gasteiger partial charge in [-0.3, -0.25) is 14.5 Å². The van der Waals surface area contributed by atoms with Gasteiger partial charge in [-0.05, 0) is 49.9 Å². The Bertz CT molecular complexity index is 768. The van der Waals surface area contributed by atoms with Crippen LogP contribution in [0.2, 0.25) is 0 Å². The zero-order valence-electron chi connectivity index (χ0n) is 15.1. The molecule has 0 aliphatic rings. The number of nitrogens with one attached hydrogen (secondary N) is 2. The van der Waals surface area contributed by atoms with Gasteiger partial charge in [0.05, 0.1) is 18.8 Å². The van der Waals surface area contributed by atoms with Crippen LogP contribution in [0.1, 0.15) is 0 Å². The molecule has 2 aromatic carbocycles. The van der Waals surface area contributed by atoms with Crippen LogP contribution in [-0.4, -0.2) is 49.4 Å². The SMILES string of the molecule is CSc1cccc(NC(=O)CN(C)CC(=O)Nc2ccccc2SC)c1. The smallest absolute Gasteiger partial charge is 0.238 e. The minimum Gasteiger partial charge on any atom is -0.325 e. The van der Waals surface area contributed by atoms with E-state index in [1.807, 2.05) is 61.0 Å². The van der Waals surface area contributed by atoms with Crippen molar-refractivity contribution in [3.63, 3.8) is 0 Å². The van der Waals surface area contributed by atoms with Gasteiger partial charge < -0.3 is 10.6 Å². The molecule has 0 fully saturated rings. The van der Waals surface area contributed by atoms with Crippen molar-refractivity contribution in [2.75, 3.05) is 43.3 Å². The lowest BCUT2D eigenvalue weighted by Crippen LogP contribution is -2.36. The number of rotatable bonds is 8. The summed E-state index contributed by atoms with van der Waals surface area (Å²) in [4.78, 5) is 28.2. The number of hydrogen-bond donors (Lipinski definition) is 2. The highest BCUT2D eigenvalue weighted by Crippen LogP contribution is 2.24. The molecule has 0 radical (unpaired) electrons. The Morgan fingerprint density at radius 2 is 1.62 bits per heavy atom. The van der Waals surface area contributed by atoms with Gasteiger partial charge in [0.1, 0.15) is 0 Å². The van der Waals surface area contributed by atoms with Crippen LogP contribution < -0.4 is 10.6 Å². The molecule has 26 heavy (non-hydrogen) atoms. The number of carbonyl (C=O) groups is 2. The second kappa shape index (κ2) is 10.3. The highest BCUT2D eigenvalue weighted by Gasteiger charge is 2.12.